The summed E-state index contributed by atoms with van der Waals surface area (Å²) in [6.07, 6.45) is 0. The van der Waals surface area contributed by atoms with Crippen LogP contribution in [-0.4, -0.2) is 14.1 Å². The van der Waals surface area contributed by atoms with Crippen molar-refractivity contribution in [2.45, 2.75) is 36.6 Å². The van der Waals surface area contributed by atoms with Gasteiger partial charge < -0.3 is 0 Å². The van der Waals surface area contributed by atoms with Crippen LogP contribution in [0.3, 0.4) is 0 Å². The Morgan fingerprint density at radius 3 is 0.786 bits per heavy atom. The van der Waals surface area contributed by atoms with Crippen molar-refractivity contribution < 1.29 is 38.2 Å². The van der Waals surface area contributed by atoms with Gasteiger partial charge in [-0.1, -0.05) is 36.6 Å². The average Bonchev–Trinajstić information content (AvgIpc) is 1.72. The average molecular weight is 403 g/mol. The van der Waals surface area contributed by atoms with E-state index in [1.807, 2.05) is 0 Å². The Balaban J connectivity index is -0.00000000857. The third-order valence-electron chi connectivity index (χ3n) is 1.73. The molecule has 0 aliphatic carbocycles. The fourth-order valence-corrected chi connectivity index (χ4v) is 2.60. The van der Waals surface area contributed by atoms with Crippen LogP contribution in [0.1, 0.15) is 20.8 Å². The van der Waals surface area contributed by atoms with E-state index in [1.165, 1.54) is 15.8 Å². The van der Waals surface area contributed by atoms with Gasteiger partial charge in [-0.05, 0) is 0 Å². The maximum Gasteiger partial charge on any atom is 0.261 e. The third kappa shape index (κ3) is 36.2. The van der Waals surface area contributed by atoms with Crippen LogP contribution >= 0.6 is 62.0 Å². The van der Waals surface area contributed by atoms with E-state index in [1.54, 1.807) is 0 Å². The largest absolute Gasteiger partial charge is 0.261 e. The van der Waals surface area contributed by atoms with Gasteiger partial charge in [0.2, 0.25) is 0 Å². The van der Waals surface area contributed by atoms with Crippen molar-refractivity contribution in [1.82, 2.24) is 0 Å². The summed E-state index contributed by atoms with van der Waals surface area (Å²) in [5.41, 5.74) is 0. The van der Waals surface area contributed by atoms with Crippen molar-refractivity contribution >= 4 is 76.2 Å². The molecule has 0 rings (SSSR count). The molecule has 0 heterocycles. The van der Waals surface area contributed by atoms with Crippen molar-refractivity contribution in [2.75, 3.05) is 0 Å². The van der Waals surface area contributed by atoms with Gasteiger partial charge in [0.05, 0.1) is 0 Å². The zero-order chi connectivity index (χ0) is 5.70. The van der Waals surface area contributed by atoms with Crippen molar-refractivity contribution in [3.63, 3.8) is 0 Å². The first-order chi connectivity index (χ1) is 3.35. The van der Waals surface area contributed by atoms with Crippen LogP contribution in [0.2, 0.25) is 15.8 Å². The summed E-state index contributed by atoms with van der Waals surface area (Å²) in [6, 6.07) is 0. The maximum absolute atomic E-state index is 2.32. The SMILES string of the molecule is C[CH2][Al]([CH2]C)[CH2]C.Cl.Cl.Cl.Cl.Cl.[Ni].[Ti]. The Labute approximate surface area is 149 Å². The molecular weight excluding hydrogens is 383 g/mol. The van der Waals surface area contributed by atoms with Crippen molar-refractivity contribution in [3.8, 4) is 0 Å². The molecule has 0 bridgehead atoms. The van der Waals surface area contributed by atoms with E-state index in [2.05, 4.69) is 20.8 Å². The van der Waals surface area contributed by atoms with Gasteiger partial charge in [0.15, 0.2) is 0 Å². The van der Waals surface area contributed by atoms with Crippen LogP contribution in [0.4, 0.5) is 0 Å². The predicted molar refractivity (Wildman–Crippen MR) is 73.4 cm³/mol. The molecule has 0 aromatic rings. The van der Waals surface area contributed by atoms with Gasteiger partial charge in [-0.25, -0.2) is 0 Å². The van der Waals surface area contributed by atoms with Crippen LogP contribution in [0.15, 0.2) is 0 Å². The summed E-state index contributed by atoms with van der Waals surface area (Å²) in [7, 11) is 0. The zero-order valence-electron chi connectivity index (χ0n) is 8.56. The van der Waals surface area contributed by atoms with Crippen LogP contribution in [0.5, 0.6) is 0 Å². The molecule has 0 saturated carbocycles. The number of hydrogen-bond acceptors (Lipinski definition) is 0. The molecular formula is C6H20AlCl5NiTi. The molecule has 0 nitrogen and oxygen atoms in total. The van der Waals surface area contributed by atoms with E-state index in [4.69, 9.17) is 0 Å². The summed E-state index contributed by atoms with van der Waals surface area (Å²) < 4.78 is 0. The van der Waals surface area contributed by atoms with Gasteiger partial charge in [0.25, 0.3) is 14.1 Å². The maximum atomic E-state index is 2.32. The van der Waals surface area contributed by atoms with Crippen LogP contribution in [0, 0.1) is 0 Å². The number of hydrogen-bond donors (Lipinski definition) is 0. The molecule has 96 valence electrons. The van der Waals surface area contributed by atoms with Crippen molar-refractivity contribution in [2.24, 2.45) is 0 Å². The van der Waals surface area contributed by atoms with Crippen LogP contribution < -0.4 is 0 Å². The van der Waals surface area contributed by atoms with Crippen LogP contribution in [-0.2, 0) is 38.2 Å². The standard InChI is InChI=1S/3C2H5.Al.5ClH.Ni.Ti/c3*1-2;;;;;;;;/h3*1H2,2H3;;5*1H;;. The topological polar surface area (TPSA) is 0 Å². The minimum atomic E-state index is -0.171. The fraction of sp³-hybridized carbons (Fsp3) is 1.00. The quantitative estimate of drug-likeness (QED) is 0.603. The Kier molecular flexibility index (Phi) is 169. The minimum absolute atomic E-state index is 0. The van der Waals surface area contributed by atoms with Gasteiger partial charge in [0, 0.05) is 38.2 Å². The first-order valence-corrected chi connectivity index (χ1v) is 5.80. The van der Waals surface area contributed by atoms with Gasteiger partial charge in [-0.2, -0.15) is 0 Å². The van der Waals surface area contributed by atoms with Gasteiger partial charge >= 0.3 is 0 Å². The fourth-order valence-electron chi connectivity index (χ4n) is 0.866. The second-order valence-electron chi connectivity index (χ2n) is 2.09. The molecule has 8 heteroatoms. The summed E-state index contributed by atoms with van der Waals surface area (Å²) in [5, 5.41) is 4.48. The summed E-state index contributed by atoms with van der Waals surface area (Å²) in [5.74, 6) is 0. The number of halogens is 5. The second-order valence-corrected chi connectivity index (χ2v) is 6.27. The first kappa shape index (κ1) is 53.4. The van der Waals surface area contributed by atoms with E-state index >= 15 is 0 Å². The molecule has 0 aliphatic heterocycles. The van der Waals surface area contributed by atoms with Crippen molar-refractivity contribution in [3.05, 3.63) is 0 Å². The Hall–Kier alpha value is 3.19. The van der Waals surface area contributed by atoms with E-state index in [9.17, 15) is 0 Å². The third-order valence-corrected chi connectivity index (χ3v) is 5.20. The molecule has 0 atom stereocenters. The smallest absolute Gasteiger partial charge is 0.147 e. The van der Waals surface area contributed by atoms with E-state index in [0.717, 1.165) is 0 Å². The first-order valence-electron chi connectivity index (χ1n) is 3.35. The second kappa shape index (κ2) is 44.2. The van der Waals surface area contributed by atoms with Gasteiger partial charge in [-0.3, -0.25) is 0 Å². The molecule has 0 aliphatic rings. The zero-order valence-corrected chi connectivity index (χ0v) is 16.3. The summed E-state index contributed by atoms with van der Waals surface area (Å²) >= 11 is -0.171. The molecule has 14 heavy (non-hydrogen) atoms. The molecule has 0 amide bonds. The Bertz CT molecular complexity index is 47.7. The van der Waals surface area contributed by atoms with E-state index in [-0.39, 0.29) is 114 Å². The summed E-state index contributed by atoms with van der Waals surface area (Å²) in [6.45, 7) is 6.97. The van der Waals surface area contributed by atoms with E-state index in [0.29, 0.717) is 0 Å². The molecule has 0 unspecified atom stereocenters. The Morgan fingerprint density at radius 2 is 0.786 bits per heavy atom. The molecule has 0 spiro atoms. The van der Waals surface area contributed by atoms with Gasteiger partial charge in [0.1, 0.15) is 0 Å². The molecule has 0 N–H and O–H groups in total. The minimum Gasteiger partial charge on any atom is -0.147 e. The summed E-state index contributed by atoms with van der Waals surface area (Å²) in [4.78, 5) is 0. The molecule has 0 aromatic heterocycles. The molecule has 0 saturated heterocycles. The predicted octanol–water partition coefficient (Wildman–Crippen LogP) is 4.64. The molecule has 0 radical (unpaired) electrons. The van der Waals surface area contributed by atoms with Crippen molar-refractivity contribution in [1.29, 1.82) is 0 Å². The number of rotatable bonds is 3. The monoisotopic (exact) mass is 400 g/mol. The van der Waals surface area contributed by atoms with E-state index < -0.39 is 0 Å². The normalized spacial score (nSPS) is 4.50. The van der Waals surface area contributed by atoms with Gasteiger partial charge in [-0.15, -0.1) is 62.0 Å². The van der Waals surface area contributed by atoms with Crippen LogP contribution in [0.25, 0.3) is 0 Å². The Morgan fingerprint density at radius 1 is 0.643 bits per heavy atom. The molecule has 0 fully saturated rings. The molecule has 0 aromatic carbocycles.